The molecule has 0 N–H and O–H groups in total. The van der Waals surface area contributed by atoms with Crippen molar-refractivity contribution >= 4 is 41.8 Å². The van der Waals surface area contributed by atoms with E-state index in [1.807, 2.05) is 42.5 Å². The van der Waals surface area contributed by atoms with Crippen molar-refractivity contribution in [3.63, 3.8) is 0 Å². The van der Waals surface area contributed by atoms with Gasteiger partial charge in [0.1, 0.15) is 0 Å². The molecule has 0 amide bonds. The van der Waals surface area contributed by atoms with Gasteiger partial charge in [-0.25, -0.2) is 0 Å². The number of Topliss-reactive ketones (excluding diaryl/α,β-unsaturated/α-hetero) is 2. The lowest BCUT2D eigenvalue weighted by molar-refractivity contribution is -0.115. The van der Waals surface area contributed by atoms with Gasteiger partial charge in [-0.2, -0.15) is 5.10 Å². The summed E-state index contributed by atoms with van der Waals surface area (Å²) in [4.78, 5) is 26.9. The molecular weight excluding hydrogens is 390 g/mol. The van der Waals surface area contributed by atoms with Crippen molar-refractivity contribution in [2.45, 2.75) is 0 Å². The Kier molecular flexibility index (Phi) is 6.52. The minimum absolute atomic E-state index is 0.0902. The third kappa shape index (κ3) is 4.18. The van der Waals surface area contributed by atoms with Gasteiger partial charge in [-0.1, -0.05) is 60.7 Å². The Morgan fingerprint density at radius 2 is 1.45 bits per heavy atom. The van der Waals surface area contributed by atoms with Crippen LogP contribution in [0.1, 0.15) is 5.56 Å². The van der Waals surface area contributed by atoms with Gasteiger partial charge in [0, 0.05) is 17.9 Å². The van der Waals surface area contributed by atoms with Crippen LogP contribution in [0.15, 0.2) is 107 Å². The highest BCUT2D eigenvalue weighted by molar-refractivity contribution is 6.41. The molecule has 1 aliphatic carbocycles. The highest BCUT2D eigenvalue weighted by atomic mass is 16.5. The molecule has 6 nitrogen and oxygen atoms in total. The van der Waals surface area contributed by atoms with Gasteiger partial charge in [0.25, 0.3) is 0 Å². The molecule has 0 spiro atoms. The van der Waals surface area contributed by atoms with Gasteiger partial charge >= 0.3 is 6.02 Å². The van der Waals surface area contributed by atoms with Crippen LogP contribution in [0.2, 0.25) is 0 Å². The molecule has 6 heteroatoms. The van der Waals surface area contributed by atoms with Crippen molar-refractivity contribution in [1.29, 1.82) is 0 Å². The predicted molar refractivity (Wildman–Crippen MR) is 124 cm³/mol. The summed E-state index contributed by atoms with van der Waals surface area (Å²) in [6.07, 6.45) is 4.34. The number of ether oxygens (including phenoxy) is 1. The average Bonchev–Trinajstić information content (AvgIpc) is 3.03. The van der Waals surface area contributed by atoms with Gasteiger partial charge in [0.2, 0.25) is 0 Å². The minimum Gasteiger partial charge on any atom is -0.467 e. The zero-order valence-electron chi connectivity index (χ0n) is 17.1. The molecular formula is C25H21N3O3. The highest BCUT2D eigenvalue weighted by Crippen LogP contribution is 2.30. The molecule has 0 aromatic heterocycles. The lowest BCUT2D eigenvalue weighted by Crippen LogP contribution is -2.27. The number of anilines is 2. The fourth-order valence-electron chi connectivity index (χ4n) is 3.24. The van der Waals surface area contributed by atoms with Crippen molar-refractivity contribution in [1.82, 2.24) is 0 Å². The molecule has 2 aromatic rings. The number of benzene rings is 2. The molecule has 0 radical (unpaired) electrons. The Hall–Kier alpha value is -4.32. The van der Waals surface area contributed by atoms with Crippen LogP contribution < -0.4 is 4.90 Å². The second kappa shape index (κ2) is 9.45. The summed E-state index contributed by atoms with van der Waals surface area (Å²) in [7, 11) is 1.50. The van der Waals surface area contributed by atoms with E-state index < -0.39 is 0 Å². The quantitative estimate of drug-likeness (QED) is 0.228. The molecule has 2 aromatic carbocycles. The summed E-state index contributed by atoms with van der Waals surface area (Å²) in [5.74, 6) is -0.702. The minimum atomic E-state index is -0.351. The SMILES string of the molecule is C=CC1=C(C=C)C(=O)C(=Cc2ccc(N(/C(=N/N=C)OC)c3ccccc3)cc2)C1=O. The number of amidine groups is 1. The molecule has 0 unspecified atom stereocenters. The summed E-state index contributed by atoms with van der Waals surface area (Å²) in [6.45, 7) is 10.6. The predicted octanol–water partition coefficient (Wildman–Crippen LogP) is 4.65. The third-order valence-corrected chi connectivity index (χ3v) is 4.68. The zero-order valence-corrected chi connectivity index (χ0v) is 17.1. The van der Waals surface area contributed by atoms with Gasteiger partial charge in [-0.15, -0.1) is 0 Å². The maximum Gasteiger partial charge on any atom is 0.320 e. The molecule has 1 aliphatic rings. The van der Waals surface area contributed by atoms with E-state index in [0.29, 0.717) is 5.56 Å². The Morgan fingerprint density at radius 3 is 1.94 bits per heavy atom. The first-order valence-corrected chi connectivity index (χ1v) is 9.38. The Bertz CT molecular complexity index is 1110. The van der Waals surface area contributed by atoms with E-state index in [0.717, 1.165) is 11.4 Å². The first-order valence-electron chi connectivity index (χ1n) is 9.38. The number of carbonyl (C=O) groups is 2. The number of ketones is 2. The van der Waals surface area contributed by atoms with Crippen molar-refractivity contribution in [3.05, 3.63) is 102 Å². The first-order chi connectivity index (χ1) is 15.0. The molecule has 0 bridgehead atoms. The molecule has 0 aliphatic heterocycles. The van der Waals surface area contributed by atoms with Gasteiger partial charge in [0.05, 0.1) is 24.1 Å². The average molecular weight is 411 g/mol. The Labute approximate surface area is 180 Å². The second-order valence-electron chi connectivity index (χ2n) is 6.44. The first kappa shape index (κ1) is 21.4. The number of methoxy groups -OCH3 is 1. The van der Waals surface area contributed by atoms with Crippen LogP contribution in [0.25, 0.3) is 6.08 Å². The monoisotopic (exact) mass is 411 g/mol. The summed E-state index contributed by atoms with van der Waals surface area (Å²) in [5, 5.41) is 7.54. The van der Waals surface area contributed by atoms with E-state index in [1.54, 1.807) is 23.1 Å². The number of para-hydroxylation sites is 1. The van der Waals surface area contributed by atoms with E-state index in [2.05, 4.69) is 30.1 Å². The largest absolute Gasteiger partial charge is 0.467 e. The number of nitrogens with zero attached hydrogens (tertiary/aromatic N) is 3. The van der Waals surface area contributed by atoms with E-state index in [-0.39, 0.29) is 34.3 Å². The van der Waals surface area contributed by atoms with Crippen molar-refractivity contribution in [2.75, 3.05) is 12.0 Å². The van der Waals surface area contributed by atoms with Crippen LogP contribution in [-0.2, 0) is 14.3 Å². The van der Waals surface area contributed by atoms with E-state index in [9.17, 15) is 9.59 Å². The number of allylic oxidation sites excluding steroid dienone is 5. The van der Waals surface area contributed by atoms with Crippen LogP contribution >= 0.6 is 0 Å². The lowest BCUT2D eigenvalue weighted by atomic mass is 10.1. The van der Waals surface area contributed by atoms with Gasteiger partial charge < -0.3 is 4.74 Å². The molecule has 0 heterocycles. The maximum atomic E-state index is 12.6. The van der Waals surface area contributed by atoms with E-state index in [1.165, 1.54) is 19.3 Å². The maximum absolute atomic E-state index is 12.6. The molecule has 154 valence electrons. The topological polar surface area (TPSA) is 71.3 Å². The molecule has 0 saturated heterocycles. The zero-order chi connectivity index (χ0) is 22.4. The molecule has 3 rings (SSSR count). The third-order valence-electron chi connectivity index (χ3n) is 4.68. The van der Waals surface area contributed by atoms with Crippen molar-refractivity contribution < 1.29 is 14.3 Å². The fourth-order valence-corrected chi connectivity index (χ4v) is 3.24. The lowest BCUT2D eigenvalue weighted by Gasteiger charge is -2.24. The van der Waals surface area contributed by atoms with Crippen LogP contribution in [-0.4, -0.2) is 31.4 Å². The number of carbonyl (C=O) groups excluding carboxylic acids is 2. The normalized spacial score (nSPS) is 13.8. The van der Waals surface area contributed by atoms with Crippen LogP contribution in [0.5, 0.6) is 0 Å². The standard InChI is InChI=1S/C25H21N3O3/c1-5-20-21(6-2)24(30)22(23(20)29)16-17-12-14-19(15-13-17)28(25(31-4)27-26-3)18-10-8-7-9-11-18/h5-16H,1-3H2,4H3/b27-25-. The number of rotatable bonds is 6. The summed E-state index contributed by atoms with van der Waals surface area (Å²) in [6, 6.07) is 17.0. The molecule has 0 atom stereocenters. The summed E-state index contributed by atoms with van der Waals surface area (Å²) >= 11 is 0. The fraction of sp³-hybridized carbons (Fsp3) is 0.0400. The second-order valence-corrected chi connectivity index (χ2v) is 6.44. The molecule has 0 saturated carbocycles. The van der Waals surface area contributed by atoms with E-state index in [4.69, 9.17) is 4.74 Å². The Morgan fingerprint density at radius 1 is 0.903 bits per heavy atom. The van der Waals surface area contributed by atoms with Gasteiger partial charge in [0.15, 0.2) is 11.6 Å². The van der Waals surface area contributed by atoms with Crippen molar-refractivity contribution in [3.8, 4) is 0 Å². The molecule has 31 heavy (non-hydrogen) atoms. The smallest absolute Gasteiger partial charge is 0.320 e. The highest BCUT2D eigenvalue weighted by Gasteiger charge is 2.32. The van der Waals surface area contributed by atoms with Gasteiger partial charge in [-0.3, -0.25) is 14.5 Å². The summed E-state index contributed by atoms with van der Waals surface area (Å²) in [5.41, 5.74) is 2.90. The Balaban J connectivity index is 1.99. The van der Waals surface area contributed by atoms with Crippen LogP contribution in [0, 0.1) is 0 Å². The number of hydrogen-bond donors (Lipinski definition) is 0. The van der Waals surface area contributed by atoms with Crippen LogP contribution in [0.3, 0.4) is 0 Å². The van der Waals surface area contributed by atoms with Crippen molar-refractivity contribution in [2.24, 2.45) is 10.2 Å². The number of hydrogen-bond acceptors (Lipinski definition) is 5. The van der Waals surface area contributed by atoms with Crippen LogP contribution in [0.4, 0.5) is 11.4 Å². The van der Waals surface area contributed by atoms with E-state index >= 15 is 0 Å². The summed E-state index contributed by atoms with van der Waals surface area (Å²) < 4.78 is 5.39. The molecule has 0 fully saturated rings. The van der Waals surface area contributed by atoms with Gasteiger partial charge in [-0.05, 0) is 35.9 Å².